The van der Waals surface area contributed by atoms with E-state index < -0.39 is 10.8 Å². The maximum absolute atomic E-state index is 10.9. The molecule has 1 unspecified atom stereocenters. The molecule has 0 fully saturated rings. The predicted octanol–water partition coefficient (Wildman–Crippen LogP) is 1.76. The van der Waals surface area contributed by atoms with E-state index in [1.165, 1.54) is 4.70 Å². The van der Waals surface area contributed by atoms with Gasteiger partial charge in [-0.25, -0.2) is 4.98 Å². The second-order valence-electron chi connectivity index (χ2n) is 3.53. The molecule has 2 aromatic rings. The molecule has 86 valence electrons. The quantitative estimate of drug-likeness (QED) is 0.827. The van der Waals surface area contributed by atoms with Crippen LogP contribution >= 0.6 is 11.3 Å². The van der Waals surface area contributed by atoms with Gasteiger partial charge in [-0.2, -0.15) is 0 Å². The van der Waals surface area contributed by atoms with Gasteiger partial charge in [-0.3, -0.25) is 4.21 Å². The average Bonchev–Trinajstić information content (AvgIpc) is 2.66. The SMILES string of the molecule is CS(=O)CCNCc1nc2ccccc2s1. The fourth-order valence-electron chi connectivity index (χ4n) is 1.41. The third-order valence-corrected chi connectivity index (χ3v) is 4.00. The van der Waals surface area contributed by atoms with Gasteiger partial charge in [0.2, 0.25) is 0 Å². The Morgan fingerprint density at radius 2 is 2.25 bits per heavy atom. The van der Waals surface area contributed by atoms with E-state index in [-0.39, 0.29) is 0 Å². The minimum atomic E-state index is -0.718. The molecule has 16 heavy (non-hydrogen) atoms. The molecule has 1 atom stereocenters. The second-order valence-corrected chi connectivity index (χ2v) is 6.20. The Morgan fingerprint density at radius 3 is 3.00 bits per heavy atom. The Bertz CT molecular complexity index is 462. The number of rotatable bonds is 5. The van der Waals surface area contributed by atoms with E-state index in [9.17, 15) is 4.21 Å². The second kappa shape index (κ2) is 5.52. The highest BCUT2D eigenvalue weighted by atomic mass is 32.2. The summed E-state index contributed by atoms with van der Waals surface area (Å²) < 4.78 is 12.1. The van der Waals surface area contributed by atoms with Crippen molar-refractivity contribution in [2.24, 2.45) is 0 Å². The minimum absolute atomic E-state index is 0.699. The van der Waals surface area contributed by atoms with E-state index in [1.54, 1.807) is 17.6 Å². The summed E-state index contributed by atoms with van der Waals surface area (Å²) in [6.07, 6.45) is 1.72. The number of aromatic nitrogens is 1. The van der Waals surface area contributed by atoms with Crippen molar-refractivity contribution in [3.8, 4) is 0 Å². The molecule has 1 heterocycles. The fourth-order valence-corrected chi connectivity index (χ4v) is 2.78. The fraction of sp³-hybridized carbons (Fsp3) is 0.364. The highest BCUT2D eigenvalue weighted by Crippen LogP contribution is 2.20. The van der Waals surface area contributed by atoms with Crippen molar-refractivity contribution in [3.05, 3.63) is 29.3 Å². The van der Waals surface area contributed by atoms with Crippen molar-refractivity contribution in [3.63, 3.8) is 0 Å². The van der Waals surface area contributed by atoms with E-state index in [4.69, 9.17) is 0 Å². The Balaban J connectivity index is 1.92. The molecule has 0 amide bonds. The summed E-state index contributed by atoms with van der Waals surface area (Å²) in [5, 5.41) is 4.34. The highest BCUT2D eigenvalue weighted by Gasteiger charge is 2.02. The van der Waals surface area contributed by atoms with Crippen LogP contribution in [0.15, 0.2) is 24.3 Å². The summed E-state index contributed by atoms with van der Waals surface area (Å²) in [6.45, 7) is 1.54. The smallest absolute Gasteiger partial charge is 0.108 e. The lowest BCUT2D eigenvalue weighted by Gasteiger charge is -1.99. The molecule has 0 aliphatic rings. The number of hydrogen-bond acceptors (Lipinski definition) is 4. The van der Waals surface area contributed by atoms with Gasteiger partial charge in [0, 0.05) is 35.9 Å². The average molecular weight is 254 g/mol. The zero-order valence-electron chi connectivity index (χ0n) is 9.10. The molecule has 1 aromatic heterocycles. The number of benzene rings is 1. The zero-order chi connectivity index (χ0) is 11.4. The molecule has 5 heteroatoms. The highest BCUT2D eigenvalue weighted by molar-refractivity contribution is 7.84. The van der Waals surface area contributed by atoms with Crippen molar-refractivity contribution < 1.29 is 4.21 Å². The van der Waals surface area contributed by atoms with Crippen molar-refractivity contribution >= 4 is 32.4 Å². The van der Waals surface area contributed by atoms with Crippen molar-refractivity contribution in [1.29, 1.82) is 0 Å². The number of para-hydroxylation sites is 1. The van der Waals surface area contributed by atoms with Gasteiger partial charge in [0.25, 0.3) is 0 Å². The molecule has 0 aliphatic heterocycles. The molecule has 0 saturated heterocycles. The van der Waals surface area contributed by atoms with Crippen LogP contribution in [0, 0.1) is 0 Å². The first kappa shape index (κ1) is 11.7. The van der Waals surface area contributed by atoms with Crippen LogP contribution in [0.25, 0.3) is 10.2 Å². The molecule has 1 N–H and O–H groups in total. The van der Waals surface area contributed by atoms with Crippen LogP contribution in [0.2, 0.25) is 0 Å². The number of nitrogens with one attached hydrogen (secondary N) is 1. The predicted molar refractivity (Wildman–Crippen MR) is 70.3 cm³/mol. The number of nitrogens with zero attached hydrogens (tertiary/aromatic N) is 1. The largest absolute Gasteiger partial charge is 0.310 e. The summed E-state index contributed by atoms with van der Waals surface area (Å²) in [7, 11) is -0.718. The third-order valence-electron chi connectivity index (χ3n) is 2.18. The molecule has 1 aromatic carbocycles. The van der Waals surface area contributed by atoms with Gasteiger partial charge in [0.05, 0.1) is 10.2 Å². The minimum Gasteiger partial charge on any atom is -0.310 e. The lowest BCUT2D eigenvalue weighted by Crippen LogP contribution is -2.19. The van der Waals surface area contributed by atoms with Crippen molar-refractivity contribution in [1.82, 2.24) is 10.3 Å². The summed E-state index contributed by atoms with van der Waals surface area (Å²) in [6, 6.07) is 8.13. The summed E-state index contributed by atoms with van der Waals surface area (Å²) in [5.41, 5.74) is 1.06. The molecule has 0 saturated carbocycles. The monoisotopic (exact) mass is 254 g/mol. The van der Waals surface area contributed by atoms with E-state index in [1.807, 2.05) is 18.2 Å². The van der Waals surface area contributed by atoms with E-state index >= 15 is 0 Å². The summed E-state index contributed by atoms with van der Waals surface area (Å²) in [5.74, 6) is 0.699. The van der Waals surface area contributed by atoms with E-state index in [0.29, 0.717) is 5.75 Å². The Labute approximate surface area is 101 Å². The molecule has 0 spiro atoms. The molecule has 2 rings (SSSR count). The van der Waals surface area contributed by atoms with E-state index in [2.05, 4.69) is 16.4 Å². The first-order valence-electron chi connectivity index (χ1n) is 5.11. The third kappa shape index (κ3) is 3.10. The van der Waals surface area contributed by atoms with Crippen LogP contribution in [-0.4, -0.2) is 27.7 Å². The number of fused-ring (bicyclic) bond motifs is 1. The zero-order valence-corrected chi connectivity index (χ0v) is 10.7. The van der Waals surface area contributed by atoms with Gasteiger partial charge >= 0.3 is 0 Å². The Hall–Kier alpha value is -0.780. The lowest BCUT2D eigenvalue weighted by molar-refractivity contribution is 0.676. The van der Waals surface area contributed by atoms with Crippen LogP contribution in [0.3, 0.4) is 0 Å². The lowest BCUT2D eigenvalue weighted by atomic mass is 10.3. The standard InChI is InChI=1S/C11H14N2OS2/c1-16(14)7-6-12-8-11-13-9-4-2-3-5-10(9)15-11/h2-5,12H,6-8H2,1H3. The van der Waals surface area contributed by atoms with Crippen LogP contribution in [0.1, 0.15) is 5.01 Å². The molecule has 3 nitrogen and oxygen atoms in total. The van der Waals surface area contributed by atoms with Crippen LogP contribution in [-0.2, 0) is 17.3 Å². The molecule has 0 aliphatic carbocycles. The first-order chi connectivity index (χ1) is 7.75. The van der Waals surface area contributed by atoms with Crippen molar-refractivity contribution in [2.75, 3.05) is 18.6 Å². The van der Waals surface area contributed by atoms with Gasteiger partial charge in [-0.1, -0.05) is 12.1 Å². The van der Waals surface area contributed by atoms with Crippen LogP contribution in [0.4, 0.5) is 0 Å². The van der Waals surface area contributed by atoms with E-state index in [0.717, 1.165) is 23.6 Å². The Morgan fingerprint density at radius 1 is 1.44 bits per heavy atom. The Kier molecular flexibility index (Phi) is 4.04. The van der Waals surface area contributed by atoms with Gasteiger partial charge in [0.15, 0.2) is 0 Å². The normalized spacial score (nSPS) is 13.1. The van der Waals surface area contributed by atoms with Crippen molar-refractivity contribution in [2.45, 2.75) is 6.54 Å². The molecular weight excluding hydrogens is 240 g/mol. The number of hydrogen-bond donors (Lipinski definition) is 1. The molecule has 0 radical (unpaired) electrons. The van der Waals surface area contributed by atoms with Gasteiger partial charge in [-0.05, 0) is 12.1 Å². The first-order valence-corrected chi connectivity index (χ1v) is 7.65. The maximum Gasteiger partial charge on any atom is 0.108 e. The maximum atomic E-state index is 10.9. The molecule has 0 bridgehead atoms. The van der Waals surface area contributed by atoms with Gasteiger partial charge < -0.3 is 5.32 Å². The van der Waals surface area contributed by atoms with Crippen LogP contribution < -0.4 is 5.32 Å². The summed E-state index contributed by atoms with van der Waals surface area (Å²) in [4.78, 5) is 4.51. The molecular formula is C11H14N2OS2. The van der Waals surface area contributed by atoms with Gasteiger partial charge in [-0.15, -0.1) is 11.3 Å². The van der Waals surface area contributed by atoms with Crippen LogP contribution in [0.5, 0.6) is 0 Å². The summed E-state index contributed by atoms with van der Waals surface area (Å²) >= 11 is 1.71. The van der Waals surface area contributed by atoms with Gasteiger partial charge in [0.1, 0.15) is 5.01 Å². The number of thiazole rings is 1. The topological polar surface area (TPSA) is 42.0 Å².